The van der Waals surface area contributed by atoms with Gasteiger partial charge in [0, 0.05) is 42.3 Å². The number of aliphatic imine (C=N–C) groups is 1. The van der Waals surface area contributed by atoms with Crippen molar-refractivity contribution < 1.29 is 14.3 Å². The molecule has 1 fully saturated rings. The highest BCUT2D eigenvalue weighted by molar-refractivity contribution is 6.30. The van der Waals surface area contributed by atoms with E-state index < -0.39 is 6.04 Å². The predicted molar refractivity (Wildman–Crippen MR) is 155 cm³/mol. The normalized spacial score (nSPS) is 19.1. The molecule has 2 amide bonds. The zero-order chi connectivity index (χ0) is 27.4. The van der Waals surface area contributed by atoms with Crippen LogP contribution in [-0.2, 0) is 0 Å². The number of amides is 2. The summed E-state index contributed by atoms with van der Waals surface area (Å²) >= 11 is 12.5. The number of carbonyl (C=O) groups excluding carboxylic acids is 1. The first-order valence-electron chi connectivity index (χ1n) is 13.2. The number of carbonyl (C=O) groups is 1. The van der Waals surface area contributed by atoms with Gasteiger partial charge in [0.1, 0.15) is 23.4 Å². The Morgan fingerprint density at radius 1 is 0.974 bits per heavy atom. The predicted octanol–water partition coefficient (Wildman–Crippen LogP) is 6.36. The van der Waals surface area contributed by atoms with Crippen LogP contribution in [0.5, 0.6) is 11.5 Å². The number of halogens is 2. The Kier molecular flexibility index (Phi) is 8.60. The van der Waals surface area contributed by atoms with E-state index in [1.807, 2.05) is 76.5 Å². The van der Waals surface area contributed by atoms with Crippen LogP contribution in [-0.4, -0.2) is 61.6 Å². The molecule has 2 heterocycles. The number of benzene rings is 3. The number of amidine groups is 1. The average Bonchev–Trinajstić information content (AvgIpc) is 3.37. The van der Waals surface area contributed by atoms with Gasteiger partial charge in [-0.05, 0) is 53.9 Å². The lowest BCUT2D eigenvalue weighted by Crippen LogP contribution is -2.53. The molecule has 0 radical (unpaired) electrons. The summed E-state index contributed by atoms with van der Waals surface area (Å²) in [5.74, 6) is 1.86. The van der Waals surface area contributed by atoms with Gasteiger partial charge in [-0.25, -0.2) is 4.79 Å². The van der Waals surface area contributed by atoms with Crippen LogP contribution >= 0.6 is 23.2 Å². The number of ether oxygens (including phenoxy) is 2. The Balaban J connectivity index is 1.69. The second kappa shape index (κ2) is 12.3. The molecule has 1 N–H and O–H groups in total. The Bertz CT molecular complexity index is 1330. The summed E-state index contributed by atoms with van der Waals surface area (Å²) in [7, 11) is 1.62. The van der Waals surface area contributed by atoms with E-state index in [1.165, 1.54) is 0 Å². The van der Waals surface area contributed by atoms with E-state index in [-0.39, 0.29) is 12.1 Å². The lowest BCUT2D eigenvalue weighted by atomic mass is 9.93. The second-order valence-corrected chi connectivity index (χ2v) is 10.4. The molecule has 2 aliphatic rings. The maximum atomic E-state index is 14.3. The van der Waals surface area contributed by atoms with Gasteiger partial charge in [0.15, 0.2) is 0 Å². The fraction of sp³-hybridized carbons (Fsp3) is 0.333. The molecule has 3 aromatic rings. The maximum Gasteiger partial charge on any atom is 0.326 e. The first kappa shape index (κ1) is 27.3. The molecule has 0 spiro atoms. The SMILES string of the molecule is CCCOc1cc(OC)ccc1C1=NC(c2ccc(Cl)cc2)C(c2ccc(Cl)cc2)N1C(=O)N1CCNCC1. The van der Waals surface area contributed by atoms with Gasteiger partial charge >= 0.3 is 6.03 Å². The van der Waals surface area contributed by atoms with Gasteiger partial charge in [0.25, 0.3) is 0 Å². The van der Waals surface area contributed by atoms with Gasteiger partial charge in [-0.15, -0.1) is 0 Å². The molecule has 204 valence electrons. The van der Waals surface area contributed by atoms with Crippen LogP contribution < -0.4 is 14.8 Å². The van der Waals surface area contributed by atoms with Crippen LogP contribution in [0.1, 0.15) is 42.1 Å². The minimum atomic E-state index is -0.401. The second-order valence-electron chi connectivity index (χ2n) is 9.55. The molecule has 7 nitrogen and oxygen atoms in total. The minimum Gasteiger partial charge on any atom is -0.497 e. The Labute approximate surface area is 239 Å². The highest BCUT2D eigenvalue weighted by Crippen LogP contribution is 2.45. The van der Waals surface area contributed by atoms with E-state index in [0.29, 0.717) is 47.1 Å². The number of nitrogens with zero attached hydrogens (tertiary/aromatic N) is 3. The van der Waals surface area contributed by atoms with E-state index in [1.54, 1.807) is 7.11 Å². The Morgan fingerprint density at radius 3 is 2.23 bits per heavy atom. The number of methoxy groups -OCH3 is 1. The molecular formula is C30H32Cl2N4O3. The van der Waals surface area contributed by atoms with Crippen LogP contribution in [0.2, 0.25) is 10.0 Å². The largest absolute Gasteiger partial charge is 0.497 e. The van der Waals surface area contributed by atoms with Crippen molar-refractivity contribution in [3.05, 3.63) is 93.5 Å². The fourth-order valence-electron chi connectivity index (χ4n) is 5.01. The zero-order valence-corrected chi connectivity index (χ0v) is 23.6. The molecular weight excluding hydrogens is 535 g/mol. The molecule has 0 aromatic heterocycles. The smallest absolute Gasteiger partial charge is 0.326 e. The van der Waals surface area contributed by atoms with Crippen LogP contribution in [0.25, 0.3) is 0 Å². The van der Waals surface area contributed by atoms with E-state index in [0.717, 1.165) is 36.2 Å². The summed E-state index contributed by atoms with van der Waals surface area (Å²) in [6.45, 7) is 5.30. The number of urea groups is 1. The fourth-order valence-corrected chi connectivity index (χ4v) is 5.26. The highest BCUT2D eigenvalue weighted by atomic mass is 35.5. The molecule has 0 saturated carbocycles. The van der Waals surface area contributed by atoms with Crippen molar-refractivity contribution in [2.75, 3.05) is 39.9 Å². The van der Waals surface area contributed by atoms with E-state index in [4.69, 9.17) is 37.7 Å². The first-order chi connectivity index (χ1) is 19.0. The number of hydrogen-bond donors (Lipinski definition) is 1. The summed E-state index contributed by atoms with van der Waals surface area (Å²) in [5.41, 5.74) is 2.63. The number of hydrogen-bond acceptors (Lipinski definition) is 5. The molecule has 2 unspecified atom stereocenters. The monoisotopic (exact) mass is 566 g/mol. The quantitative estimate of drug-likeness (QED) is 0.361. The molecule has 9 heteroatoms. The summed E-state index contributed by atoms with van der Waals surface area (Å²) in [5, 5.41) is 4.61. The topological polar surface area (TPSA) is 66.4 Å². The van der Waals surface area contributed by atoms with Gasteiger partial charge in [-0.1, -0.05) is 54.4 Å². The van der Waals surface area contributed by atoms with Crippen molar-refractivity contribution in [1.29, 1.82) is 0 Å². The Morgan fingerprint density at radius 2 is 1.62 bits per heavy atom. The van der Waals surface area contributed by atoms with Crippen LogP contribution in [0, 0.1) is 0 Å². The van der Waals surface area contributed by atoms with Crippen molar-refractivity contribution in [2.24, 2.45) is 4.99 Å². The summed E-state index contributed by atoms with van der Waals surface area (Å²) < 4.78 is 11.7. The van der Waals surface area contributed by atoms with Crippen molar-refractivity contribution in [3.63, 3.8) is 0 Å². The summed E-state index contributed by atoms with van der Waals surface area (Å²) in [4.78, 5) is 23.3. The molecule has 39 heavy (non-hydrogen) atoms. The molecule has 2 aliphatic heterocycles. The lowest BCUT2D eigenvalue weighted by Gasteiger charge is -2.36. The van der Waals surface area contributed by atoms with Crippen molar-refractivity contribution in [3.8, 4) is 11.5 Å². The number of piperazine rings is 1. The molecule has 1 saturated heterocycles. The number of nitrogens with one attached hydrogen (secondary N) is 1. The molecule has 2 atom stereocenters. The van der Waals surface area contributed by atoms with Gasteiger partial charge in [0.2, 0.25) is 0 Å². The lowest BCUT2D eigenvalue weighted by molar-refractivity contribution is 0.157. The first-order valence-corrected chi connectivity index (χ1v) is 13.9. The van der Waals surface area contributed by atoms with E-state index in [9.17, 15) is 4.79 Å². The van der Waals surface area contributed by atoms with Crippen LogP contribution in [0.4, 0.5) is 4.79 Å². The summed E-state index contributed by atoms with van der Waals surface area (Å²) in [6, 6.07) is 20.1. The third kappa shape index (κ3) is 5.86. The molecule has 3 aromatic carbocycles. The van der Waals surface area contributed by atoms with Gasteiger partial charge in [-0.3, -0.25) is 9.89 Å². The zero-order valence-electron chi connectivity index (χ0n) is 22.1. The third-order valence-corrected chi connectivity index (χ3v) is 7.48. The van der Waals surface area contributed by atoms with Gasteiger partial charge < -0.3 is 19.7 Å². The van der Waals surface area contributed by atoms with Crippen molar-refractivity contribution in [2.45, 2.75) is 25.4 Å². The minimum absolute atomic E-state index is 0.0936. The number of rotatable bonds is 7. The standard InChI is InChI=1S/C30H32Cl2N4O3/c1-3-18-39-26-19-24(38-2)12-13-25(26)29-34-27(20-4-8-22(31)9-5-20)28(21-6-10-23(32)11-7-21)36(29)30(37)35-16-14-33-15-17-35/h4-13,19,27-28,33H,3,14-18H2,1-2H3. The molecule has 0 bridgehead atoms. The van der Waals surface area contributed by atoms with E-state index >= 15 is 0 Å². The average molecular weight is 568 g/mol. The van der Waals surface area contributed by atoms with E-state index in [2.05, 4.69) is 12.2 Å². The molecule has 5 rings (SSSR count). The van der Waals surface area contributed by atoms with Crippen molar-refractivity contribution in [1.82, 2.24) is 15.1 Å². The third-order valence-electron chi connectivity index (χ3n) is 6.97. The van der Waals surface area contributed by atoms with Crippen LogP contribution in [0.15, 0.2) is 71.7 Å². The maximum absolute atomic E-state index is 14.3. The molecule has 0 aliphatic carbocycles. The highest BCUT2D eigenvalue weighted by Gasteiger charge is 2.44. The van der Waals surface area contributed by atoms with Gasteiger partial charge in [0.05, 0.1) is 25.3 Å². The van der Waals surface area contributed by atoms with Crippen LogP contribution in [0.3, 0.4) is 0 Å². The van der Waals surface area contributed by atoms with Gasteiger partial charge in [-0.2, -0.15) is 0 Å². The Hall–Kier alpha value is -3.26. The van der Waals surface area contributed by atoms with Crippen molar-refractivity contribution >= 4 is 35.1 Å². The summed E-state index contributed by atoms with van der Waals surface area (Å²) in [6.07, 6.45) is 0.841.